The van der Waals surface area contributed by atoms with Crippen LogP contribution in [0.4, 0.5) is 5.88 Å². The van der Waals surface area contributed by atoms with Gasteiger partial charge in [0.05, 0.1) is 17.2 Å². The number of nitrogens with zero attached hydrogens (tertiary/aromatic N) is 4. The summed E-state index contributed by atoms with van der Waals surface area (Å²) in [5, 5.41) is 23.4. The summed E-state index contributed by atoms with van der Waals surface area (Å²) in [7, 11) is 0. The standard InChI is InChI=1S/C11H7N5O3S2/c17-16(18)9-4-3-7(19-9)6-12-15-10(13-14-11(15)20)8-2-1-5-21-8/h1-6H,(H,14,20)/b12-6-. The van der Waals surface area contributed by atoms with Gasteiger partial charge >= 0.3 is 5.88 Å². The molecule has 0 bridgehead atoms. The molecule has 1 N–H and O–H groups in total. The molecule has 21 heavy (non-hydrogen) atoms. The molecular weight excluding hydrogens is 314 g/mol. The van der Waals surface area contributed by atoms with E-state index >= 15 is 0 Å². The first kappa shape index (κ1) is 13.4. The van der Waals surface area contributed by atoms with Crippen molar-refractivity contribution in [3.63, 3.8) is 0 Å². The van der Waals surface area contributed by atoms with Crippen molar-refractivity contribution in [2.75, 3.05) is 0 Å². The Morgan fingerprint density at radius 2 is 2.38 bits per heavy atom. The molecule has 8 nitrogen and oxygen atoms in total. The smallest absolute Gasteiger partial charge is 0.400 e. The van der Waals surface area contributed by atoms with Gasteiger partial charge in [0.25, 0.3) is 0 Å². The zero-order valence-corrected chi connectivity index (χ0v) is 11.9. The zero-order valence-electron chi connectivity index (χ0n) is 10.3. The van der Waals surface area contributed by atoms with Gasteiger partial charge in [0, 0.05) is 0 Å². The third-order valence-electron chi connectivity index (χ3n) is 2.48. The van der Waals surface area contributed by atoms with Crippen LogP contribution in [-0.2, 0) is 0 Å². The predicted molar refractivity (Wildman–Crippen MR) is 79.1 cm³/mol. The topological polar surface area (TPSA) is 102 Å². The van der Waals surface area contributed by atoms with E-state index in [0.29, 0.717) is 10.6 Å². The van der Waals surface area contributed by atoms with Crippen molar-refractivity contribution in [1.82, 2.24) is 14.9 Å². The third kappa shape index (κ3) is 2.66. The molecule has 0 saturated heterocycles. The molecular formula is C11H7N5O3S2. The maximum absolute atomic E-state index is 10.5. The highest BCUT2D eigenvalue weighted by molar-refractivity contribution is 7.71. The Balaban J connectivity index is 1.94. The van der Waals surface area contributed by atoms with E-state index in [1.54, 1.807) is 0 Å². The van der Waals surface area contributed by atoms with Crippen molar-refractivity contribution >= 4 is 35.7 Å². The minimum atomic E-state index is -0.613. The van der Waals surface area contributed by atoms with Gasteiger partial charge in [-0.25, -0.2) is 5.10 Å². The van der Waals surface area contributed by atoms with Crippen molar-refractivity contribution < 1.29 is 9.34 Å². The summed E-state index contributed by atoms with van der Waals surface area (Å²) in [5.74, 6) is 0.472. The van der Waals surface area contributed by atoms with Gasteiger partial charge in [0.2, 0.25) is 4.77 Å². The molecule has 3 heterocycles. The molecule has 0 aliphatic heterocycles. The van der Waals surface area contributed by atoms with E-state index in [0.717, 1.165) is 4.88 Å². The Kier molecular flexibility index (Phi) is 3.46. The summed E-state index contributed by atoms with van der Waals surface area (Å²) in [6.45, 7) is 0. The number of furan rings is 1. The Hall–Kier alpha value is -2.59. The molecule has 0 atom stereocenters. The van der Waals surface area contributed by atoms with Crippen LogP contribution in [0.15, 0.2) is 39.2 Å². The summed E-state index contributed by atoms with van der Waals surface area (Å²) in [5.41, 5.74) is 0. The lowest BCUT2D eigenvalue weighted by Gasteiger charge is -1.96. The van der Waals surface area contributed by atoms with E-state index in [1.165, 1.54) is 34.4 Å². The van der Waals surface area contributed by atoms with E-state index in [4.69, 9.17) is 16.6 Å². The summed E-state index contributed by atoms with van der Waals surface area (Å²) in [6, 6.07) is 6.49. The van der Waals surface area contributed by atoms with Crippen molar-refractivity contribution in [1.29, 1.82) is 0 Å². The van der Waals surface area contributed by atoms with Gasteiger partial charge in [-0.15, -0.1) is 11.3 Å². The van der Waals surface area contributed by atoms with Crippen molar-refractivity contribution in [2.24, 2.45) is 5.10 Å². The molecule has 0 spiro atoms. The van der Waals surface area contributed by atoms with Crippen molar-refractivity contribution in [2.45, 2.75) is 0 Å². The SMILES string of the molecule is O=[N+]([O-])c1ccc(/C=N\n2c(-c3cccs3)n[nH]c2=S)o1. The number of thiophene rings is 1. The second-order valence-electron chi connectivity index (χ2n) is 3.82. The Morgan fingerprint density at radius 1 is 1.52 bits per heavy atom. The maximum atomic E-state index is 10.5. The van der Waals surface area contributed by atoms with E-state index in [9.17, 15) is 10.1 Å². The monoisotopic (exact) mass is 321 g/mol. The second kappa shape index (κ2) is 5.42. The van der Waals surface area contributed by atoms with Crippen LogP contribution in [0.3, 0.4) is 0 Å². The summed E-state index contributed by atoms with van der Waals surface area (Å²) in [4.78, 5) is 10.8. The molecule has 0 saturated carbocycles. The van der Waals surface area contributed by atoms with Gasteiger partial charge in [-0.3, -0.25) is 10.1 Å². The summed E-state index contributed by atoms with van der Waals surface area (Å²) in [6.07, 6.45) is 1.34. The molecule has 10 heteroatoms. The molecule has 3 aromatic heterocycles. The highest BCUT2D eigenvalue weighted by Gasteiger charge is 2.11. The predicted octanol–water partition coefficient (Wildman–Crippen LogP) is 3.05. The number of aromatic nitrogens is 3. The Bertz CT molecular complexity index is 859. The van der Waals surface area contributed by atoms with Gasteiger partial charge in [0.15, 0.2) is 11.6 Å². The fraction of sp³-hybridized carbons (Fsp3) is 0. The lowest BCUT2D eigenvalue weighted by atomic mass is 10.4. The number of nitrogens with one attached hydrogen (secondary N) is 1. The van der Waals surface area contributed by atoms with Crippen LogP contribution in [0.5, 0.6) is 0 Å². The minimum Gasteiger partial charge on any atom is -0.400 e. The van der Waals surface area contributed by atoms with Gasteiger partial charge < -0.3 is 4.42 Å². The first-order valence-electron chi connectivity index (χ1n) is 5.65. The second-order valence-corrected chi connectivity index (χ2v) is 5.15. The highest BCUT2D eigenvalue weighted by Crippen LogP contribution is 2.22. The van der Waals surface area contributed by atoms with Crippen molar-refractivity contribution in [3.8, 4) is 10.7 Å². The van der Waals surface area contributed by atoms with Gasteiger partial charge in [-0.2, -0.15) is 14.9 Å². The zero-order chi connectivity index (χ0) is 14.8. The molecule has 106 valence electrons. The highest BCUT2D eigenvalue weighted by atomic mass is 32.1. The average molecular weight is 321 g/mol. The normalized spacial score (nSPS) is 11.2. The lowest BCUT2D eigenvalue weighted by Crippen LogP contribution is -1.93. The Labute approximate surface area is 126 Å². The fourth-order valence-corrected chi connectivity index (χ4v) is 2.47. The van der Waals surface area contributed by atoms with E-state index < -0.39 is 4.92 Å². The summed E-state index contributed by atoms with van der Waals surface area (Å²) < 4.78 is 6.73. The Morgan fingerprint density at radius 3 is 3.05 bits per heavy atom. The van der Waals surface area contributed by atoms with Crippen LogP contribution < -0.4 is 0 Å². The quantitative estimate of drug-likeness (QED) is 0.344. The fourth-order valence-electron chi connectivity index (χ4n) is 1.59. The van der Waals surface area contributed by atoms with Gasteiger partial charge in [0.1, 0.15) is 4.92 Å². The first-order valence-corrected chi connectivity index (χ1v) is 6.94. The molecule has 0 aliphatic carbocycles. The summed E-state index contributed by atoms with van der Waals surface area (Å²) >= 11 is 6.60. The molecule has 0 aliphatic rings. The minimum absolute atomic E-state index is 0.252. The molecule has 3 rings (SSSR count). The number of rotatable bonds is 4. The number of hydrogen-bond donors (Lipinski definition) is 1. The van der Waals surface area contributed by atoms with Crippen LogP contribution >= 0.6 is 23.6 Å². The van der Waals surface area contributed by atoms with Crippen LogP contribution in [0.25, 0.3) is 10.7 Å². The number of H-pyrrole nitrogens is 1. The largest absolute Gasteiger partial charge is 0.433 e. The first-order chi connectivity index (χ1) is 10.1. The molecule has 3 aromatic rings. The van der Waals surface area contributed by atoms with Crippen LogP contribution in [0.2, 0.25) is 0 Å². The van der Waals surface area contributed by atoms with Gasteiger partial charge in [-0.1, -0.05) is 6.07 Å². The van der Waals surface area contributed by atoms with E-state index in [1.807, 2.05) is 17.5 Å². The number of aromatic amines is 1. The van der Waals surface area contributed by atoms with Crippen molar-refractivity contribution in [3.05, 3.63) is 50.3 Å². The van der Waals surface area contributed by atoms with Crippen LogP contribution in [0, 0.1) is 14.9 Å². The molecule has 0 unspecified atom stereocenters. The number of nitro groups is 1. The van der Waals surface area contributed by atoms with Crippen LogP contribution in [-0.4, -0.2) is 26.0 Å². The molecule has 0 radical (unpaired) electrons. The molecule has 0 aromatic carbocycles. The average Bonchev–Trinajstić information content (AvgIpc) is 3.17. The van der Waals surface area contributed by atoms with Crippen LogP contribution in [0.1, 0.15) is 5.76 Å². The molecule has 0 amide bonds. The van der Waals surface area contributed by atoms with E-state index in [-0.39, 0.29) is 11.6 Å². The van der Waals surface area contributed by atoms with Gasteiger partial charge in [-0.05, 0) is 29.7 Å². The molecule has 0 fully saturated rings. The maximum Gasteiger partial charge on any atom is 0.433 e. The third-order valence-corrected chi connectivity index (χ3v) is 3.62. The lowest BCUT2D eigenvalue weighted by molar-refractivity contribution is -0.402. The van der Waals surface area contributed by atoms with E-state index in [2.05, 4.69) is 15.3 Å². The number of hydrogen-bond acceptors (Lipinski definition) is 7.